The molecule has 0 aliphatic heterocycles. The first-order valence-corrected chi connectivity index (χ1v) is 7.06. The largest absolute Gasteiger partial charge is 0.478 e. The minimum Gasteiger partial charge on any atom is -0.478 e. The zero-order valence-corrected chi connectivity index (χ0v) is 10.7. The maximum Gasteiger partial charge on any atom is 0.336 e. The topological polar surface area (TPSA) is 37.3 Å². The van der Waals surface area contributed by atoms with Crippen LogP contribution in [0.25, 0.3) is 0 Å². The van der Waals surface area contributed by atoms with Crippen LogP contribution in [0.1, 0.15) is 39.4 Å². The van der Waals surface area contributed by atoms with Crippen LogP contribution in [0.5, 0.6) is 0 Å². The van der Waals surface area contributed by atoms with E-state index in [0.717, 1.165) is 24.8 Å². The lowest BCUT2D eigenvalue weighted by Crippen LogP contribution is -2.14. The van der Waals surface area contributed by atoms with Gasteiger partial charge in [-0.25, -0.2) is 4.79 Å². The van der Waals surface area contributed by atoms with Gasteiger partial charge in [0.2, 0.25) is 0 Å². The first-order valence-electron chi connectivity index (χ1n) is 6.12. The molecular formula is C15H14O2S. The van der Waals surface area contributed by atoms with Crippen LogP contribution < -0.4 is 0 Å². The zero-order valence-electron chi connectivity index (χ0n) is 9.93. The molecule has 92 valence electrons. The fraction of sp³-hybridized carbons (Fsp3) is 0.267. The molecule has 1 heterocycles. The smallest absolute Gasteiger partial charge is 0.336 e. The number of fused-ring (bicyclic) bond motifs is 1. The minimum atomic E-state index is -0.801. The molecular weight excluding hydrogens is 244 g/mol. The van der Waals surface area contributed by atoms with Crippen LogP contribution in [0.4, 0.5) is 0 Å². The molecule has 1 aliphatic rings. The van der Waals surface area contributed by atoms with Crippen LogP contribution in [0.2, 0.25) is 0 Å². The second-order valence-corrected chi connectivity index (χ2v) is 5.50. The van der Waals surface area contributed by atoms with Crippen molar-refractivity contribution in [3.05, 3.63) is 57.3 Å². The first-order chi connectivity index (χ1) is 8.75. The molecule has 1 atom stereocenters. The predicted octanol–water partition coefficient (Wildman–Crippen LogP) is 3.72. The quantitative estimate of drug-likeness (QED) is 0.891. The number of hydrogen-bond donors (Lipinski definition) is 1. The standard InChI is InChI=1S/C15H14O2S/c16-15(17)14-9-18-8-13(14)12-6-5-10-3-1-2-4-11(10)7-12/h1-4,8-9,12H,5-7H2,(H,16,17). The molecule has 0 fully saturated rings. The van der Waals surface area contributed by atoms with Crippen molar-refractivity contribution in [3.8, 4) is 0 Å². The third-order valence-electron chi connectivity index (χ3n) is 3.71. The molecule has 3 heteroatoms. The number of rotatable bonds is 2. The molecule has 1 aromatic carbocycles. The minimum absolute atomic E-state index is 0.359. The van der Waals surface area contributed by atoms with Gasteiger partial charge >= 0.3 is 5.97 Å². The highest BCUT2D eigenvalue weighted by Gasteiger charge is 2.24. The molecule has 2 nitrogen and oxygen atoms in total. The summed E-state index contributed by atoms with van der Waals surface area (Å²) in [4.78, 5) is 11.2. The third kappa shape index (κ3) is 1.95. The molecule has 0 radical (unpaired) electrons. The highest BCUT2D eigenvalue weighted by Crippen LogP contribution is 2.35. The van der Waals surface area contributed by atoms with E-state index in [1.807, 2.05) is 5.38 Å². The van der Waals surface area contributed by atoms with E-state index < -0.39 is 5.97 Å². The van der Waals surface area contributed by atoms with Crippen molar-refractivity contribution >= 4 is 17.3 Å². The number of aromatic carboxylic acids is 1. The summed E-state index contributed by atoms with van der Waals surface area (Å²) in [5.74, 6) is -0.442. The lowest BCUT2D eigenvalue weighted by Gasteiger charge is -2.24. The summed E-state index contributed by atoms with van der Waals surface area (Å²) in [6.07, 6.45) is 3.07. The van der Waals surface area contributed by atoms with Crippen molar-refractivity contribution in [3.63, 3.8) is 0 Å². The van der Waals surface area contributed by atoms with Crippen LogP contribution in [-0.4, -0.2) is 11.1 Å². The first kappa shape index (κ1) is 11.5. The number of thiophene rings is 1. The number of carboxylic acids is 1. The Bertz CT molecular complexity index is 586. The Hall–Kier alpha value is -1.61. The summed E-state index contributed by atoms with van der Waals surface area (Å²) >= 11 is 1.49. The van der Waals surface area contributed by atoms with Gasteiger partial charge < -0.3 is 5.11 Å². The Labute approximate surface area is 110 Å². The van der Waals surface area contributed by atoms with Gasteiger partial charge in [-0.2, -0.15) is 11.3 Å². The molecule has 0 saturated carbocycles. The highest BCUT2D eigenvalue weighted by molar-refractivity contribution is 7.08. The second-order valence-electron chi connectivity index (χ2n) is 4.75. The van der Waals surface area contributed by atoms with E-state index in [1.165, 1.54) is 22.5 Å². The van der Waals surface area contributed by atoms with E-state index in [2.05, 4.69) is 24.3 Å². The number of carbonyl (C=O) groups is 1. The molecule has 1 N–H and O–H groups in total. The fourth-order valence-corrected chi connectivity index (χ4v) is 3.67. The van der Waals surface area contributed by atoms with Crippen LogP contribution in [-0.2, 0) is 12.8 Å². The zero-order chi connectivity index (χ0) is 12.5. The molecule has 0 amide bonds. The van der Waals surface area contributed by atoms with E-state index in [-0.39, 0.29) is 0 Å². The predicted molar refractivity (Wildman–Crippen MR) is 72.5 cm³/mol. The molecule has 1 aromatic heterocycles. The van der Waals surface area contributed by atoms with Crippen molar-refractivity contribution in [2.45, 2.75) is 25.2 Å². The van der Waals surface area contributed by atoms with Crippen molar-refractivity contribution in [1.82, 2.24) is 0 Å². The average molecular weight is 258 g/mol. The summed E-state index contributed by atoms with van der Waals surface area (Å²) in [6.45, 7) is 0. The Kier molecular flexibility index (Phi) is 2.92. The van der Waals surface area contributed by atoms with Crippen LogP contribution in [0, 0.1) is 0 Å². The summed E-state index contributed by atoms with van der Waals surface area (Å²) in [6, 6.07) is 8.48. The van der Waals surface area contributed by atoms with Crippen molar-refractivity contribution in [2.75, 3.05) is 0 Å². The molecule has 0 bridgehead atoms. The summed E-state index contributed by atoms with van der Waals surface area (Å²) in [5.41, 5.74) is 4.29. The number of carboxylic acid groups (broad SMARTS) is 1. The third-order valence-corrected chi connectivity index (χ3v) is 4.47. The number of aryl methyl sites for hydroxylation is 1. The Balaban J connectivity index is 1.92. The fourth-order valence-electron chi connectivity index (χ4n) is 2.76. The molecule has 0 spiro atoms. The number of hydrogen-bond acceptors (Lipinski definition) is 2. The molecule has 1 unspecified atom stereocenters. The van der Waals surface area contributed by atoms with Gasteiger partial charge in [-0.3, -0.25) is 0 Å². The van der Waals surface area contributed by atoms with Gasteiger partial charge in [-0.15, -0.1) is 0 Å². The van der Waals surface area contributed by atoms with Gasteiger partial charge in [0, 0.05) is 5.38 Å². The van der Waals surface area contributed by atoms with E-state index in [0.29, 0.717) is 11.5 Å². The number of benzene rings is 1. The van der Waals surface area contributed by atoms with Gasteiger partial charge in [0.25, 0.3) is 0 Å². The molecule has 1 aliphatic carbocycles. The maximum atomic E-state index is 11.2. The Morgan fingerprint density at radius 2 is 2.00 bits per heavy atom. The van der Waals surface area contributed by atoms with Crippen molar-refractivity contribution in [2.24, 2.45) is 0 Å². The normalized spacial score (nSPS) is 18.3. The summed E-state index contributed by atoms with van der Waals surface area (Å²) in [7, 11) is 0. The molecule has 2 aromatic rings. The summed E-state index contributed by atoms with van der Waals surface area (Å²) < 4.78 is 0. The van der Waals surface area contributed by atoms with Gasteiger partial charge in [0.1, 0.15) is 0 Å². The summed E-state index contributed by atoms with van der Waals surface area (Å²) in [5, 5.41) is 12.9. The van der Waals surface area contributed by atoms with E-state index in [9.17, 15) is 9.90 Å². The highest BCUT2D eigenvalue weighted by atomic mass is 32.1. The molecule has 18 heavy (non-hydrogen) atoms. The van der Waals surface area contributed by atoms with Gasteiger partial charge in [-0.1, -0.05) is 24.3 Å². The Morgan fingerprint density at radius 3 is 2.78 bits per heavy atom. The Morgan fingerprint density at radius 1 is 1.22 bits per heavy atom. The van der Waals surface area contributed by atoms with E-state index in [4.69, 9.17) is 0 Å². The van der Waals surface area contributed by atoms with Crippen molar-refractivity contribution < 1.29 is 9.90 Å². The van der Waals surface area contributed by atoms with E-state index >= 15 is 0 Å². The van der Waals surface area contributed by atoms with Gasteiger partial charge in [-0.05, 0) is 47.3 Å². The van der Waals surface area contributed by atoms with Crippen LogP contribution >= 0.6 is 11.3 Å². The lowest BCUT2D eigenvalue weighted by molar-refractivity contribution is 0.0695. The van der Waals surface area contributed by atoms with Gasteiger partial charge in [0.15, 0.2) is 0 Å². The molecule has 3 rings (SSSR count). The van der Waals surface area contributed by atoms with Crippen LogP contribution in [0.15, 0.2) is 35.0 Å². The second kappa shape index (κ2) is 4.58. The van der Waals surface area contributed by atoms with E-state index in [1.54, 1.807) is 5.38 Å². The monoisotopic (exact) mass is 258 g/mol. The maximum absolute atomic E-state index is 11.2. The van der Waals surface area contributed by atoms with Gasteiger partial charge in [0.05, 0.1) is 5.56 Å². The van der Waals surface area contributed by atoms with Crippen LogP contribution in [0.3, 0.4) is 0 Å². The molecule has 0 saturated heterocycles. The lowest BCUT2D eigenvalue weighted by atomic mass is 9.80. The average Bonchev–Trinajstić information content (AvgIpc) is 2.87. The SMILES string of the molecule is O=C(O)c1cscc1C1CCc2ccccc2C1. The van der Waals surface area contributed by atoms with Crippen molar-refractivity contribution in [1.29, 1.82) is 0 Å².